The molecule has 0 bridgehead atoms. The van der Waals surface area contributed by atoms with Crippen molar-refractivity contribution in [3.8, 4) is 0 Å². The largest absolute Gasteiger partial charge is 0.399 e. The minimum atomic E-state index is 0.125. The SMILES string of the molecule is Nc1ccc2c3c(ncc2c1)C=CCC3=O. The Bertz CT molecular complexity index is 629. The van der Waals surface area contributed by atoms with Crippen LogP contribution >= 0.6 is 0 Å². The van der Waals surface area contributed by atoms with E-state index in [2.05, 4.69) is 4.98 Å². The van der Waals surface area contributed by atoms with E-state index in [0.717, 1.165) is 22.0 Å². The molecule has 1 aromatic heterocycles. The average Bonchev–Trinajstić information content (AvgIpc) is 2.29. The van der Waals surface area contributed by atoms with Gasteiger partial charge in [0.1, 0.15) is 0 Å². The van der Waals surface area contributed by atoms with Crippen molar-refractivity contribution in [2.45, 2.75) is 6.42 Å². The van der Waals surface area contributed by atoms with Gasteiger partial charge in [-0.1, -0.05) is 12.1 Å². The van der Waals surface area contributed by atoms with Crippen LogP contribution in [0, 0.1) is 0 Å². The second-order valence-electron chi connectivity index (χ2n) is 3.89. The number of anilines is 1. The van der Waals surface area contributed by atoms with E-state index in [1.165, 1.54) is 0 Å². The Labute approximate surface area is 92.6 Å². The molecular weight excluding hydrogens is 200 g/mol. The van der Waals surface area contributed by atoms with Crippen LogP contribution in [0.25, 0.3) is 16.8 Å². The van der Waals surface area contributed by atoms with Crippen LogP contribution in [0.3, 0.4) is 0 Å². The van der Waals surface area contributed by atoms with E-state index in [-0.39, 0.29) is 5.78 Å². The van der Waals surface area contributed by atoms with Gasteiger partial charge in [0.25, 0.3) is 0 Å². The summed E-state index contributed by atoms with van der Waals surface area (Å²) < 4.78 is 0. The Morgan fingerprint density at radius 2 is 2.19 bits per heavy atom. The number of nitrogen functional groups attached to an aromatic ring is 1. The molecule has 1 aromatic carbocycles. The molecule has 1 heterocycles. The van der Waals surface area contributed by atoms with Crippen LogP contribution in [0.5, 0.6) is 0 Å². The van der Waals surface area contributed by atoms with Crippen molar-refractivity contribution in [3.05, 3.63) is 41.7 Å². The zero-order valence-electron chi connectivity index (χ0n) is 8.60. The molecule has 2 aromatic rings. The summed E-state index contributed by atoms with van der Waals surface area (Å²) in [5.41, 5.74) is 7.88. The lowest BCUT2D eigenvalue weighted by Gasteiger charge is -2.11. The number of aromatic nitrogens is 1. The average molecular weight is 210 g/mol. The van der Waals surface area contributed by atoms with Crippen LogP contribution < -0.4 is 5.73 Å². The first kappa shape index (κ1) is 9.09. The molecule has 1 aliphatic rings. The first-order valence-corrected chi connectivity index (χ1v) is 5.14. The Hall–Kier alpha value is -2.16. The monoisotopic (exact) mass is 210 g/mol. The Balaban J connectivity index is 2.43. The second-order valence-corrected chi connectivity index (χ2v) is 3.89. The summed E-state index contributed by atoms with van der Waals surface area (Å²) in [6.45, 7) is 0. The van der Waals surface area contributed by atoms with E-state index in [0.29, 0.717) is 12.1 Å². The predicted octanol–water partition coefficient (Wildman–Crippen LogP) is 2.42. The maximum Gasteiger partial charge on any atom is 0.169 e. The molecular formula is C13H10N2O. The fraction of sp³-hybridized carbons (Fsp3) is 0.0769. The Morgan fingerprint density at radius 3 is 3.06 bits per heavy atom. The van der Waals surface area contributed by atoms with Gasteiger partial charge >= 0.3 is 0 Å². The highest BCUT2D eigenvalue weighted by molar-refractivity contribution is 6.12. The molecule has 0 unspecified atom stereocenters. The predicted molar refractivity (Wildman–Crippen MR) is 64.1 cm³/mol. The summed E-state index contributed by atoms with van der Waals surface area (Å²) in [4.78, 5) is 16.1. The number of ketones is 1. The lowest BCUT2D eigenvalue weighted by Crippen LogP contribution is -2.07. The molecule has 0 radical (unpaired) electrons. The molecule has 2 N–H and O–H groups in total. The van der Waals surface area contributed by atoms with Crippen LogP contribution in [0.4, 0.5) is 5.69 Å². The minimum absolute atomic E-state index is 0.125. The van der Waals surface area contributed by atoms with Crippen molar-refractivity contribution < 1.29 is 4.79 Å². The summed E-state index contributed by atoms with van der Waals surface area (Å²) in [7, 11) is 0. The third-order valence-corrected chi connectivity index (χ3v) is 2.80. The van der Waals surface area contributed by atoms with E-state index >= 15 is 0 Å². The topological polar surface area (TPSA) is 56.0 Å². The van der Waals surface area contributed by atoms with E-state index < -0.39 is 0 Å². The van der Waals surface area contributed by atoms with Gasteiger partial charge in [-0.25, -0.2) is 0 Å². The molecule has 0 saturated heterocycles. The lowest BCUT2D eigenvalue weighted by atomic mass is 9.95. The van der Waals surface area contributed by atoms with Gasteiger partial charge in [0.05, 0.1) is 11.3 Å². The van der Waals surface area contributed by atoms with Gasteiger partial charge in [0, 0.05) is 23.7 Å². The van der Waals surface area contributed by atoms with Crippen LogP contribution in [0.2, 0.25) is 0 Å². The molecule has 0 aliphatic heterocycles. The normalized spacial score (nSPS) is 14.1. The summed E-state index contributed by atoms with van der Waals surface area (Å²) in [5.74, 6) is 0.125. The fourth-order valence-corrected chi connectivity index (χ4v) is 2.06. The highest BCUT2D eigenvalue weighted by Gasteiger charge is 2.17. The molecule has 0 fully saturated rings. The van der Waals surface area contributed by atoms with E-state index in [4.69, 9.17) is 5.73 Å². The van der Waals surface area contributed by atoms with Crippen LogP contribution in [-0.4, -0.2) is 10.8 Å². The maximum atomic E-state index is 11.9. The van der Waals surface area contributed by atoms with Crippen LogP contribution in [-0.2, 0) is 0 Å². The van der Waals surface area contributed by atoms with Crippen molar-refractivity contribution in [2.75, 3.05) is 5.73 Å². The molecule has 3 nitrogen and oxygen atoms in total. The van der Waals surface area contributed by atoms with E-state index in [9.17, 15) is 4.79 Å². The number of nitrogens with two attached hydrogens (primary N) is 1. The third kappa shape index (κ3) is 1.21. The minimum Gasteiger partial charge on any atom is -0.399 e. The number of allylic oxidation sites excluding steroid dienone is 1. The fourth-order valence-electron chi connectivity index (χ4n) is 2.06. The zero-order chi connectivity index (χ0) is 11.1. The molecule has 78 valence electrons. The zero-order valence-corrected chi connectivity index (χ0v) is 8.60. The Morgan fingerprint density at radius 1 is 1.31 bits per heavy atom. The van der Waals surface area contributed by atoms with Crippen LogP contribution in [0.1, 0.15) is 22.5 Å². The number of nitrogens with zero attached hydrogens (tertiary/aromatic N) is 1. The van der Waals surface area contributed by atoms with Gasteiger partial charge in [-0.2, -0.15) is 0 Å². The molecule has 0 amide bonds. The van der Waals surface area contributed by atoms with Gasteiger partial charge in [-0.3, -0.25) is 9.78 Å². The number of hydrogen-bond donors (Lipinski definition) is 1. The molecule has 1 aliphatic carbocycles. The lowest BCUT2D eigenvalue weighted by molar-refractivity contribution is 0.0996. The summed E-state index contributed by atoms with van der Waals surface area (Å²) in [6, 6.07) is 5.55. The number of carbonyl (C=O) groups excluding carboxylic acids is 1. The number of fused-ring (bicyclic) bond motifs is 3. The summed E-state index contributed by atoms with van der Waals surface area (Å²) in [6.07, 6.45) is 5.96. The first-order valence-electron chi connectivity index (χ1n) is 5.14. The van der Waals surface area contributed by atoms with Gasteiger partial charge in [-0.05, 0) is 23.6 Å². The van der Waals surface area contributed by atoms with Crippen molar-refractivity contribution in [2.24, 2.45) is 0 Å². The number of pyridine rings is 1. The number of Topliss-reactive ketones (excluding diaryl/α,β-unsaturated/α-hetero) is 1. The first-order chi connectivity index (χ1) is 7.75. The van der Waals surface area contributed by atoms with Gasteiger partial charge in [0.2, 0.25) is 0 Å². The van der Waals surface area contributed by atoms with Crippen molar-refractivity contribution in [1.29, 1.82) is 0 Å². The number of benzene rings is 1. The second kappa shape index (κ2) is 3.17. The molecule has 0 atom stereocenters. The van der Waals surface area contributed by atoms with Gasteiger partial charge in [-0.15, -0.1) is 0 Å². The van der Waals surface area contributed by atoms with E-state index in [1.807, 2.05) is 30.4 Å². The van der Waals surface area contributed by atoms with Crippen molar-refractivity contribution in [3.63, 3.8) is 0 Å². The van der Waals surface area contributed by atoms with Gasteiger partial charge in [0.15, 0.2) is 5.78 Å². The third-order valence-electron chi connectivity index (χ3n) is 2.80. The highest BCUT2D eigenvalue weighted by Crippen LogP contribution is 2.27. The Kier molecular flexibility index (Phi) is 1.80. The number of hydrogen-bond acceptors (Lipinski definition) is 3. The van der Waals surface area contributed by atoms with Crippen molar-refractivity contribution in [1.82, 2.24) is 4.98 Å². The standard InChI is InChI=1S/C13H10N2O/c14-9-4-5-10-8(6-9)7-15-11-2-1-3-12(16)13(10)11/h1-2,4-7H,3,14H2. The molecule has 16 heavy (non-hydrogen) atoms. The molecule has 3 rings (SSSR count). The van der Waals surface area contributed by atoms with Crippen LogP contribution in [0.15, 0.2) is 30.5 Å². The smallest absolute Gasteiger partial charge is 0.169 e. The quantitative estimate of drug-likeness (QED) is 0.679. The van der Waals surface area contributed by atoms with Gasteiger partial charge < -0.3 is 5.73 Å². The summed E-state index contributed by atoms with van der Waals surface area (Å²) >= 11 is 0. The maximum absolute atomic E-state index is 11.9. The van der Waals surface area contributed by atoms with Crippen molar-refractivity contribution >= 4 is 28.3 Å². The highest BCUT2D eigenvalue weighted by atomic mass is 16.1. The number of carbonyl (C=O) groups is 1. The molecule has 0 spiro atoms. The molecule has 3 heteroatoms. The summed E-state index contributed by atoms with van der Waals surface area (Å²) in [5, 5.41) is 1.86. The van der Waals surface area contributed by atoms with E-state index in [1.54, 1.807) is 6.20 Å². The number of rotatable bonds is 0. The molecule has 0 saturated carbocycles.